The van der Waals surface area contributed by atoms with E-state index in [0.29, 0.717) is 18.8 Å². The lowest BCUT2D eigenvalue weighted by atomic mass is 10.3. The summed E-state index contributed by atoms with van der Waals surface area (Å²) >= 11 is 0. The van der Waals surface area contributed by atoms with E-state index in [1.807, 2.05) is 6.92 Å². The molecule has 0 radical (unpaired) electrons. The minimum Gasteiger partial charge on any atom is -0.304 e. The lowest BCUT2D eigenvalue weighted by Gasteiger charge is -2.23. The Labute approximate surface area is 122 Å². The van der Waals surface area contributed by atoms with E-state index in [2.05, 4.69) is 28.9 Å². The van der Waals surface area contributed by atoms with Crippen LogP contribution in [0.3, 0.4) is 0 Å². The van der Waals surface area contributed by atoms with E-state index in [-0.39, 0.29) is 4.90 Å². The van der Waals surface area contributed by atoms with E-state index < -0.39 is 10.0 Å². The van der Waals surface area contributed by atoms with Gasteiger partial charge in [-0.25, -0.2) is 8.42 Å². The first-order valence-corrected chi connectivity index (χ1v) is 8.63. The molecule has 1 N–H and O–H groups in total. The smallest absolute Gasteiger partial charge is 0.246 e. The van der Waals surface area contributed by atoms with Crippen molar-refractivity contribution in [2.45, 2.75) is 39.0 Å². The Bertz CT molecular complexity index is 494. The Balaban J connectivity index is 2.69. The average molecular weight is 302 g/mol. The molecule has 6 nitrogen and oxygen atoms in total. The van der Waals surface area contributed by atoms with E-state index in [1.54, 1.807) is 6.92 Å². The summed E-state index contributed by atoms with van der Waals surface area (Å²) in [5, 5.41) is 6.48. The van der Waals surface area contributed by atoms with E-state index >= 15 is 0 Å². The lowest BCUT2D eigenvalue weighted by Crippen LogP contribution is -2.34. The highest BCUT2D eigenvalue weighted by Gasteiger charge is 2.25. The van der Waals surface area contributed by atoms with Gasteiger partial charge in [-0.3, -0.25) is 5.10 Å². The molecule has 0 aliphatic carbocycles. The van der Waals surface area contributed by atoms with Crippen molar-refractivity contribution >= 4 is 10.0 Å². The van der Waals surface area contributed by atoms with Crippen LogP contribution in [0.15, 0.2) is 11.1 Å². The third-order valence-electron chi connectivity index (χ3n) is 3.53. The molecule has 0 aromatic carbocycles. The van der Waals surface area contributed by atoms with Crippen LogP contribution in [-0.4, -0.2) is 60.5 Å². The summed E-state index contributed by atoms with van der Waals surface area (Å²) in [5.41, 5.74) is 0.590. The molecule has 1 aromatic heterocycles. The van der Waals surface area contributed by atoms with Gasteiger partial charge in [0.2, 0.25) is 10.0 Å². The summed E-state index contributed by atoms with van der Waals surface area (Å²) in [6, 6.07) is 0. The summed E-state index contributed by atoms with van der Waals surface area (Å²) in [6.45, 7) is 11.8. The average Bonchev–Trinajstić information content (AvgIpc) is 2.86. The van der Waals surface area contributed by atoms with Crippen molar-refractivity contribution in [2.24, 2.45) is 0 Å². The second-order valence-electron chi connectivity index (χ2n) is 4.74. The summed E-state index contributed by atoms with van der Waals surface area (Å²) in [7, 11) is -3.43. The molecule has 1 heterocycles. The molecule has 7 heteroatoms. The summed E-state index contributed by atoms with van der Waals surface area (Å²) in [6.07, 6.45) is 2.23. The number of aromatic nitrogens is 2. The SMILES string of the molecule is CCN(CC)CCCN(CC)S(=O)(=O)c1cn[nH]c1C. The molecule has 0 fully saturated rings. The van der Waals surface area contributed by atoms with Crippen LogP contribution in [-0.2, 0) is 10.0 Å². The summed E-state index contributed by atoms with van der Waals surface area (Å²) < 4.78 is 26.5. The molecule has 0 amide bonds. The molecule has 0 saturated heterocycles. The standard InChI is InChI=1S/C13H26N4O2S/c1-5-16(6-2)9-8-10-17(7-3)20(18,19)13-11-14-15-12(13)4/h11H,5-10H2,1-4H3,(H,14,15). The quantitative estimate of drug-likeness (QED) is 0.750. The number of H-pyrrole nitrogens is 1. The van der Waals surface area contributed by atoms with Crippen molar-refractivity contribution in [3.63, 3.8) is 0 Å². The number of aromatic amines is 1. The second kappa shape index (κ2) is 7.75. The van der Waals surface area contributed by atoms with E-state index in [9.17, 15) is 8.42 Å². The zero-order valence-corrected chi connectivity index (χ0v) is 13.7. The Kier molecular flexibility index (Phi) is 6.64. The van der Waals surface area contributed by atoms with Gasteiger partial charge in [-0.05, 0) is 33.0 Å². The largest absolute Gasteiger partial charge is 0.304 e. The minimum atomic E-state index is -3.43. The molecule has 0 aliphatic rings. The number of aryl methyl sites for hydroxylation is 1. The normalized spacial score (nSPS) is 12.5. The number of hydrogen-bond acceptors (Lipinski definition) is 4. The van der Waals surface area contributed by atoms with E-state index in [0.717, 1.165) is 26.1 Å². The van der Waals surface area contributed by atoms with Gasteiger partial charge in [0, 0.05) is 13.1 Å². The van der Waals surface area contributed by atoms with Crippen LogP contribution >= 0.6 is 0 Å². The molecule has 0 bridgehead atoms. The van der Waals surface area contributed by atoms with Crippen LogP contribution in [0, 0.1) is 6.92 Å². The molecule has 20 heavy (non-hydrogen) atoms. The molecular formula is C13H26N4O2S. The maximum absolute atomic E-state index is 12.5. The number of hydrogen-bond donors (Lipinski definition) is 1. The number of nitrogens with one attached hydrogen (secondary N) is 1. The fourth-order valence-electron chi connectivity index (χ4n) is 2.20. The fraction of sp³-hybridized carbons (Fsp3) is 0.769. The van der Waals surface area contributed by atoms with Gasteiger partial charge in [0.05, 0.1) is 11.9 Å². The zero-order valence-electron chi connectivity index (χ0n) is 12.9. The Morgan fingerprint density at radius 2 is 1.80 bits per heavy atom. The molecule has 0 spiro atoms. The van der Waals surface area contributed by atoms with Gasteiger partial charge in [-0.15, -0.1) is 0 Å². The maximum atomic E-state index is 12.5. The minimum absolute atomic E-state index is 0.280. The Morgan fingerprint density at radius 1 is 1.15 bits per heavy atom. The fourth-order valence-corrected chi connectivity index (χ4v) is 3.80. The number of sulfonamides is 1. The van der Waals surface area contributed by atoms with Gasteiger partial charge in [-0.2, -0.15) is 9.40 Å². The van der Waals surface area contributed by atoms with Crippen LogP contribution in [0.25, 0.3) is 0 Å². The Hall–Kier alpha value is -0.920. The van der Waals surface area contributed by atoms with Crippen molar-refractivity contribution < 1.29 is 8.42 Å². The van der Waals surface area contributed by atoms with Crippen LogP contribution in [0.4, 0.5) is 0 Å². The Morgan fingerprint density at radius 3 is 2.25 bits per heavy atom. The molecular weight excluding hydrogens is 276 g/mol. The van der Waals surface area contributed by atoms with E-state index in [4.69, 9.17) is 0 Å². The van der Waals surface area contributed by atoms with Crippen LogP contribution in [0.5, 0.6) is 0 Å². The first-order chi connectivity index (χ1) is 9.47. The van der Waals surface area contributed by atoms with Crippen LogP contribution < -0.4 is 0 Å². The molecule has 0 unspecified atom stereocenters. The highest BCUT2D eigenvalue weighted by Crippen LogP contribution is 2.17. The molecule has 0 aliphatic heterocycles. The molecule has 116 valence electrons. The van der Waals surface area contributed by atoms with Crippen molar-refractivity contribution in [3.05, 3.63) is 11.9 Å². The van der Waals surface area contributed by atoms with Crippen molar-refractivity contribution in [3.8, 4) is 0 Å². The van der Waals surface area contributed by atoms with Crippen molar-refractivity contribution in [1.82, 2.24) is 19.4 Å². The van der Waals surface area contributed by atoms with Crippen LogP contribution in [0.2, 0.25) is 0 Å². The molecule has 0 atom stereocenters. The molecule has 1 aromatic rings. The molecule has 0 saturated carbocycles. The van der Waals surface area contributed by atoms with Crippen molar-refractivity contribution in [1.29, 1.82) is 0 Å². The van der Waals surface area contributed by atoms with Gasteiger partial charge < -0.3 is 4.90 Å². The third kappa shape index (κ3) is 4.04. The number of rotatable bonds is 9. The summed E-state index contributed by atoms with van der Waals surface area (Å²) in [5.74, 6) is 0. The lowest BCUT2D eigenvalue weighted by molar-refractivity contribution is 0.285. The molecule has 1 rings (SSSR count). The van der Waals surface area contributed by atoms with Gasteiger partial charge in [-0.1, -0.05) is 20.8 Å². The maximum Gasteiger partial charge on any atom is 0.246 e. The topological polar surface area (TPSA) is 69.3 Å². The van der Waals surface area contributed by atoms with Crippen molar-refractivity contribution in [2.75, 3.05) is 32.7 Å². The second-order valence-corrected chi connectivity index (χ2v) is 6.64. The third-order valence-corrected chi connectivity index (χ3v) is 5.62. The van der Waals surface area contributed by atoms with Gasteiger partial charge >= 0.3 is 0 Å². The zero-order chi connectivity index (χ0) is 15.2. The monoisotopic (exact) mass is 302 g/mol. The highest BCUT2D eigenvalue weighted by atomic mass is 32.2. The highest BCUT2D eigenvalue weighted by molar-refractivity contribution is 7.89. The van der Waals surface area contributed by atoms with Gasteiger partial charge in [0.25, 0.3) is 0 Å². The first-order valence-electron chi connectivity index (χ1n) is 7.19. The summed E-state index contributed by atoms with van der Waals surface area (Å²) in [4.78, 5) is 2.58. The predicted octanol–water partition coefficient (Wildman–Crippen LogP) is 1.46. The number of nitrogens with zero attached hydrogens (tertiary/aromatic N) is 3. The first kappa shape index (κ1) is 17.1. The van der Waals surface area contributed by atoms with Gasteiger partial charge in [0.15, 0.2) is 0 Å². The van der Waals surface area contributed by atoms with E-state index in [1.165, 1.54) is 10.5 Å². The predicted molar refractivity (Wildman–Crippen MR) is 80.2 cm³/mol. The van der Waals surface area contributed by atoms with Crippen LogP contribution in [0.1, 0.15) is 32.9 Å². The van der Waals surface area contributed by atoms with Gasteiger partial charge in [0.1, 0.15) is 4.90 Å².